The molecule has 4 rings (SSSR count). The zero-order valence-electron chi connectivity index (χ0n) is 25.3. The monoisotopic (exact) mass is 566 g/mol. The van der Waals surface area contributed by atoms with Crippen LogP contribution in [-0.2, 0) is 16.1 Å². The Morgan fingerprint density at radius 1 is 1.15 bits per heavy atom. The van der Waals surface area contributed by atoms with Crippen molar-refractivity contribution in [2.24, 2.45) is 0 Å². The van der Waals surface area contributed by atoms with Gasteiger partial charge in [-0.3, -0.25) is 14.4 Å². The van der Waals surface area contributed by atoms with Gasteiger partial charge in [-0.25, -0.2) is 0 Å². The number of ether oxygens (including phenoxy) is 2. The molecule has 1 aromatic heterocycles. The number of nitrogens with one attached hydrogen (secondary N) is 2. The fourth-order valence-corrected chi connectivity index (χ4v) is 6.61. The van der Waals surface area contributed by atoms with E-state index >= 15 is 0 Å². The fourth-order valence-electron chi connectivity index (χ4n) is 6.61. The summed E-state index contributed by atoms with van der Waals surface area (Å²) in [7, 11) is 3.11. The van der Waals surface area contributed by atoms with E-state index in [1.165, 1.54) is 19.8 Å². The summed E-state index contributed by atoms with van der Waals surface area (Å²) >= 11 is 0. The number of amides is 3. The molecule has 2 unspecified atom stereocenters. The Kier molecular flexibility index (Phi) is 9.66. The van der Waals surface area contributed by atoms with Crippen LogP contribution in [0, 0.1) is 0 Å². The summed E-state index contributed by atoms with van der Waals surface area (Å²) in [4.78, 5) is 43.2. The van der Waals surface area contributed by atoms with Crippen molar-refractivity contribution in [2.45, 2.75) is 109 Å². The van der Waals surface area contributed by atoms with Gasteiger partial charge in [0.05, 0.1) is 32.0 Å². The summed E-state index contributed by atoms with van der Waals surface area (Å²) in [5.74, 6) is 0.313. The van der Waals surface area contributed by atoms with Gasteiger partial charge in [0, 0.05) is 30.5 Å². The number of hydrogen-bond donors (Lipinski definition) is 2. The minimum Gasteiger partial charge on any atom is -0.493 e. The predicted octanol–water partition coefficient (Wildman–Crippen LogP) is 5.81. The van der Waals surface area contributed by atoms with E-state index in [-0.39, 0.29) is 36.3 Å². The number of methoxy groups -OCH3 is 2. The number of nitrogens with zero attached hydrogens (tertiary/aromatic N) is 2. The molecule has 2 atom stereocenters. The van der Waals surface area contributed by atoms with E-state index in [0.717, 1.165) is 44.9 Å². The van der Waals surface area contributed by atoms with Gasteiger partial charge >= 0.3 is 0 Å². The summed E-state index contributed by atoms with van der Waals surface area (Å²) in [5.41, 5.74) is 0.350. The molecule has 2 aliphatic rings. The van der Waals surface area contributed by atoms with Gasteiger partial charge in [0.15, 0.2) is 11.5 Å². The Bertz CT molecular complexity index is 1290. The molecule has 1 aliphatic heterocycles. The highest BCUT2D eigenvalue weighted by Crippen LogP contribution is 2.44. The number of rotatable bonds is 11. The van der Waals surface area contributed by atoms with Gasteiger partial charge in [0.25, 0.3) is 5.91 Å². The Labute approximate surface area is 243 Å². The Morgan fingerprint density at radius 2 is 1.80 bits per heavy atom. The first-order chi connectivity index (χ1) is 19.7. The largest absolute Gasteiger partial charge is 0.493 e. The minimum absolute atomic E-state index is 0.0988. The van der Waals surface area contributed by atoms with E-state index in [1.54, 1.807) is 25.2 Å². The third kappa shape index (κ3) is 5.95. The Hall–Kier alpha value is -3.49. The topological polar surface area (TPSA) is 102 Å². The van der Waals surface area contributed by atoms with Gasteiger partial charge in [-0.05, 0) is 51.5 Å². The van der Waals surface area contributed by atoms with Crippen LogP contribution in [0.4, 0.5) is 5.69 Å². The van der Waals surface area contributed by atoms with Crippen LogP contribution in [0.1, 0.15) is 95.5 Å². The lowest BCUT2D eigenvalue weighted by Crippen LogP contribution is -2.67. The zero-order valence-corrected chi connectivity index (χ0v) is 25.3. The van der Waals surface area contributed by atoms with Crippen LogP contribution in [0.3, 0.4) is 0 Å². The second-order valence-corrected chi connectivity index (χ2v) is 11.6. The zero-order chi connectivity index (χ0) is 29.7. The van der Waals surface area contributed by atoms with Crippen molar-refractivity contribution in [3.05, 3.63) is 30.5 Å². The molecule has 0 bridgehead atoms. The van der Waals surface area contributed by atoms with E-state index in [0.29, 0.717) is 40.2 Å². The number of fused-ring (bicyclic) bond motifs is 3. The Balaban J connectivity index is 1.90. The van der Waals surface area contributed by atoms with Crippen LogP contribution in [0.25, 0.3) is 10.9 Å². The molecule has 1 aliphatic carbocycles. The Morgan fingerprint density at radius 3 is 2.39 bits per heavy atom. The first kappa shape index (κ1) is 30.5. The predicted molar refractivity (Wildman–Crippen MR) is 162 cm³/mol. The maximum absolute atomic E-state index is 14.7. The first-order valence-corrected chi connectivity index (χ1v) is 15.0. The maximum atomic E-state index is 14.7. The van der Waals surface area contributed by atoms with E-state index in [2.05, 4.69) is 24.1 Å². The van der Waals surface area contributed by atoms with Gasteiger partial charge < -0.3 is 29.6 Å². The molecule has 2 aromatic rings. The van der Waals surface area contributed by atoms with Crippen molar-refractivity contribution in [1.82, 2.24) is 14.8 Å². The van der Waals surface area contributed by atoms with Crippen molar-refractivity contribution in [2.75, 3.05) is 19.5 Å². The smallest absolute Gasteiger partial charge is 0.273 e. The molecule has 2 heterocycles. The van der Waals surface area contributed by atoms with E-state index in [1.807, 2.05) is 23.6 Å². The molecule has 3 amide bonds. The minimum atomic E-state index is -1.14. The fraction of sp³-hybridized carbons (Fsp3) is 0.594. The average molecular weight is 567 g/mol. The number of benzene rings is 1. The number of unbranched alkanes of at least 4 members (excludes halogenated alkanes) is 1. The lowest BCUT2D eigenvalue weighted by molar-refractivity contribution is -0.135. The van der Waals surface area contributed by atoms with Crippen molar-refractivity contribution < 1.29 is 23.9 Å². The van der Waals surface area contributed by atoms with Gasteiger partial charge in [0.1, 0.15) is 11.2 Å². The molecule has 9 heteroatoms. The molecule has 0 radical (unpaired) electrons. The SMILES string of the molecule is C=CCCCC(CC)N1C(=O)c2c(NC(C)=O)c3cc(OC)c(OC)cc3n2CC1(C)C(=O)NC1CCCCCC1. The second-order valence-electron chi connectivity index (χ2n) is 11.6. The lowest BCUT2D eigenvalue weighted by atomic mass is 9.89. The summed E-state index contributed by atoms with van der Waals surface area (Å²) in [6, 6.07) is 3.54. The number of carbonyl (C=O) groups is 3. The van der Waals surface area contributed by atoms with Gasteiger partial charge in [-0.15, -0.1) is 6.58 Å². The summed E-state index contributed by atoms with van der Waals surface area (Å²) in [6.45, 7) is 9.48. The first-order valence-electron chi connectivity index (χ1n) is 15.0. The molecular formula is C32H46N4O5. The lowest BCUT2D eigenvalue weighted by Gasteiger charge is -2.48. The van der Waals surface area contributed by atoms with Crippen molar-refractivity contribution >= 4 is 34.3 Å². The van der Waals surface area contributed by atoms with Crippen molar-refractivity contribution in [3.63, 3.8) is 0 Å². The second kappa shape index (κ2) is 13.0. The number of anilines is 1. The maximum Gasteiger partial charge on any atom is 0.273 e. The van der Waals surface area contributed by atoms with Crippen LogP contribution in [-0.4, -0.2) is 59.0 Å². The highest BCUT2D eigenvalue weighted by atomic mass is 16.5. The summed E-state index contributed by atoms with van der Waals surface area (Å²) in [5, 5.41) is 6.93. The van der Waals surface area contributed by atoms with Crippen LogP contribution in [0.15, 0.2) is 24.8 Å². The molecular weight excluding hydrogens is 520 g/mol. The molecule has 1 saturated carbocycles. The summed E-state index contributed by atoms with van der Waals surface area (Å²) < 4.78 is 13.0. The highest BCUT2D eigenvalue weighted by Gasteiger charge is 2.51. The molecule has 9 nitrogen and oxygen atoms in total. The van der Waals surface area contributed by atoms with Crippen molar-refractivity contribution in [3.8, 4) is 11.5 Å². The van der Waals surface area contributed by atoms with Crippen LogP contribution in [0.5, 0.6) is 11.5 Å². The van der Waals surface area contributed by atoms with Gasteiger partial charge in [-0.2, -0.15) is 0 Å². The molecule has 1 aromatic carbocycles. The van der Waals surface area contributed by atoms with Crippen LogP contribution in [0.2, 0.25) is 0 Å². The van der Waals surface area contributed by atoms with Gasteiger partial charge in [0.2, 0.25) is 11.8 Å². The molecule has 224 valence electrons. The van der Waals surface area contributed by atoms with Crippen LogP contribution >= 0.6 is 0 Å². The van der Waals surface area contributed by atoms with Crippen molar-refractivity contribution in [1.29, 1.82) is 0 Å². The molecule has 0 saturated heterocycles. The molecule has 2 N–H and O–H groups in total. The van der Waals surface area contributed by atoms with E-state index in [4.69, 9.17) is 9.47 Å². The third-order valence-electron chi connectivity index (χ3n) is 8.75. The van der Waals surface area contributed by atoms with Gasteiger partial charge in [-0.1, -0.05) is 38.7 Å². The average Bonchev–Trinajstić information content (AvgIpc) is 3.08. The highest BCUT2D eigenvalue weighted by molar-refractivity contribution is 6.15. The quantitative estimate of drug-likeness (QED) is 0.203. The third-order valence-corrected chi connectivity index (χ3v) is 8.75. The van der Waals surface area contributed by atoms with E-state index < -0.39 is 5.54 Å². The normalized spacial score (nSPS) is 20.2. The standard InChI is InChI=1S/C32H46N4O5/c1-7-9-12-17-23(8-2)36-30(38)29-28(33-21(3)37)24-18-26(40-5)27(41-6)19-25(24)35(29)20-32(36,4)31(39)34-22-15-13-10-11-14-16-22/h7,18-19,22-23H,1,8-17,20H2,2-6H3,(H,33,37)(H,34,39). The molecule has 1 fully saturated rings. The van der Waals surface area contributed by atoms with Crippen LogP contribution < -0.4 is 20.1 Å². The number of hydrogen-bond acceptors (Lipinski definition) is 5. The molecule has 41 heavy (non-hydrogen) atoms. The van der Waals surface area contributed by atoms with E-state index in [9.17, 15) is 14.4 Å². The number of allylic oxidation sites excluding steroid dienone is 1. The number of carbonyl (C=O) groups excluding carboxylic acids is 3. The number of aromatic nitrogens is 1. The summed E-state index contributed by atoms with van der Waals surface area (Å²) in [6.07, 6.45) is 11.5. The molecule has 0 spiro atoms.